The molecule has 5 N–H and O–H groups in total. The first-order valence-corrected chi connectivity index (χ1v) is 5.97. The standard InChI is InChI=1S/C13H17N5O/c1-18-8-9(7-17-18)4-5-16-10-2-3-12(14)11(6-10)13(15)19/h2-3,6-8,16H,4-5,14H2,1H3,(H2,15,19). The van der Waals surface area contributed by atoms with Crippen LogP contribution in [0.25, 0.3) is 0 Å². The van der Waals surface area contributed by atoms with Crippen molar-refractivity contribution in [3.63, 3.8) is 0 Å². The second-order valence-electron chi connectivity index (χ2n) is 4.37. The molecule has 1 heterocycles. The zero-order valence-electron chi connectivity index (χ0n) is 10.8. The van der Waals surface area contributed by atoms with Gasteiger partial charge in [-0.2, -0.15) is 5.10 Å². The van der Waals surface area contributed by atoms with Crippen LogP contribution in [0.1, 0.15) is 15.9 Å². The molecule has 0 aliphatic carbocycles. The van der Waals surface area contributed by atoms with Gasteiger partial charge in [-0.1, -0.05) is 0 Å². The van der Waals surface area contributed by atoms with E-state index >= 15 is 0 Å². The first kappa shape index (κ1) is 12.9. The van der Waals surface area contributed by atoms with E-state index in [9.17, 15) is 4.79 Å². The lowest BCUT2D eigenvalue weighted by atomic mass is 10.1. The Morgan fingerprint density at radius 1 is 1.47 bits per heavy atom. The maximum atomic E-state index is 11.2. The normalized spacial score (nSPS) is 10.4. The molecule has 2 rings (SSSR count). The Hall–Kier alpha value is -2.50. The van der Waals surface area contributed by atoms with Crippen molar-refractivity contribution in [1.82, 2.24) is 9.78 Å². The van der Waals surface area contributed by atoms with Gasteiger partial charge in [-0.05, 0) is 30.2 Å². The smallest absolute Gasteiger partial charge is 0.250 e. The number of carbonyl (C=O) groups excluding carboxylic acids is 1. The number of amides is 1. The minimum Gasteiger partial charge on any atom is -0.398 e. The summed E-state index contributed by atoms with van der Waals surface area (Å²) in [5.74, 6) is -0.520. The Bertz CT molecular complexity index is 590. The zero-order chi connectivity index (χ0) is 13.8. The molecule has 1 aromatic carbocycles. The monoisotopic (exact) mass is 259 g/mol. The molecule has 0 radical (unpaired) electrons. The number of hydrogen-bond donors (Lipinski definition) is 3. The van der Waals surface area contributed by atoms with Crippen molar-refractivity contribution < 1.29 is 4.79 Å². The number of rotatable bonds is 5. The number of aromatic nitrogens is 2. The molecule has 0 atom stereocenters. The topological polar surface area (TPSA) is 99.0 Å². The molecule has 0 saturated heterocycles. The minimum atomic E-state index is -0.520. The van der Waals surface area contributed by atoms with Crippen molar-refractivity contribution in [3.05, 3.63) is 41.7 Å². The van der Waals surface area contributed by atoms with Gasteiger partial charge in [-0.3, -0.25) is 9.48 Å². The molecule has 19 heavy (non-hydrogen) atoms. The third kappa shape index (κ3) is 3.25. The quantitative estimate of drug-likeness (QED) is 0.690. The van der Waals surface area contributed by atoms with Crippen LogP contribution in [0.3, 0.4) is 0 Å². The van der Waals surface area contributed by atoms with Gasteiger partial charge in [0.05, 0.1) is 11.8 Å². The third-order valence-electron chi connectivity index (χ3n) is 2.82. The number of nitrogens with zero attached hydrogens (tertiary/aromatic N) is 2. The second-order valence-corrected chi connectivity index (χ2v) is 4.37. The molecule has 0 fully saturated rings. The van der Waals surface area contributed by atoms with E-state index < -0.39 is 5.91 Å². The van der Waals surface area contributed by atoms with Crippen LogP contribution in [-0.4, -0.2) is 22.2 Å². The molecule has 1 amide bonds. The van der Waals surface area contributed by atoms with Crippen LogP contribution in [0.15, 0.2) is 30.6 Å². The summed E-state index contributed by atoms with van der Waals surface area (Å²) in [5, 5.41) is 7.33. The predicted molar refractivity (Wildman–Crippen MR) is 74.8 cm³/mol. The molecule has 0 saturated carbocycles. The molecule has 0 spiro atoms. The molecule has 6 nitrogen and oxygen atoms in total. The number of primary amides is 1. The molecule has 0 bridgehead atoms. The second kappa shape index (κ2) is 5.43. The molecular weight excluding hydrogens is 242 g/mol. The van der Waals surface area contributed by atoms with Gasteiger partial charge in [0.1, 0.15) is 0 Å². The number of nitrogens with two attached hydrogens (primary N) is 2. The van der Waals surface area contributed by atoms with Crippen molar-refractivity contribution in [3.8, 4) is 0 Å². The molecule has 100 valence electrons. The van der Waals surface area contributed by atoms with Gasteiger partial charge in [0, 0.05) is 31.2 Å². The molecule has 2 aromatic rings. The lowest BCUT2D eigenvalue weighted by Gasteiger charge is -2.08. The molecule has 0 aliphatic rings. The minimum absolute atomic E-state index is 0.339. The first-order valence-electron chi connectivity index (χ1n) is 5.97. The van der Waals surface area contributed by atoms with Crippen LogP contribution in [0.4, 0.5) is 11.4 Å². The average molecular weight is 259 g/mol. The average Bonchev–Trinajstić information content (AvgIpc) is 2.77. The molecular formula is C13H17N5O. The van der Waals surface area contributed by atoms with Crippen LogP contribution < -0.4 is 16.8 Å². The van der Waals surface area contributed by atoms with Gasteiger partial charge in [0.15, 0.2) is 0 Å². The summed E-state index contributed by atoms with van der Waals surface area (Å²) >= 11 is 0. The number of hydrogen-bond acceptors (Lipinski definition) is 4. The van der Waals surface area contributed by atoms with E-state index in [0.717, 1.165) is 24.2 Å². The fourth-order valence-electron chi connectivity index (χ4n) is 1.83. The highest BCUT2D eigenvalue weighted by Crippen LogP contribution is 2.17. The van der Waals surface area contributed by atoms with Crippen LogP contribution in [-0.2, 0) is 13.5 Å². The van der Waals surface area contributed by atoms with Crippen LogP contribution >= 0.6 is 0 Å². The molecule has 0 unspecified atom stereocenters. The summed E-state index contributed by atoms with van der Waals surface area (Å²) in [6.45, 7) is 0.744. The van der Waals surface area contributed by atoms with Gasteiger partial charge < -0.3 is 16.8 Å². The summed E-state index contributed by atoms with van der Waals surface area (Å²) in [4.78, 5) is 11.2. The predicted octanol–water partition coefficient (Wildman–Crippen LogP) is 0.756. The van der Waals surface area contributed by atoms with Crippen molar-refractivity contribution in [2.75, 3.05) is 17.6 Å². The summed E-state index contributed by atoms with van der Waals surface area (Å²) in [6.07, 6.45) is 4.66. The number of carbonyl (C=O) groups is 1. The van der Waals surface area contributed by atoms with Crippen molar-refractivity contribution in [2.45, 2.75) is 6.42 Å². The largest absolute Gasteiger partial charge is 0.398 e. The van der Waals surface area contributed by atoms with Crippen LogP contribution in [0.2, 0.25) is 0 Å². The number of anilines is 2. The number of nitrogen functional groups attached to an aromatic ring is 1. The Morgan fingerprint density at radius 2 is 2.26 bits per heavy atom. The van der Waals surface area contributed by atoms with E-state index in [1.54, 1.807) is 16.8 Å². The lowest BCUT2D eigenvalue weighted by molar-refractivity contribution is 0.100. The Labute approximate surface area is 111 Å². The number of benzene rings is 1. The highest BCUT2D eigenvalue weighted by Gasteiger charge is 2.06. The van der Waals surface area contributed by atoms with Gasteiger partial charge in [-0.25, -0.2) is 0 Å². The van der Waals surface area contributed by atoms with Crippen molar-refractivity contribution in [1.29, 1.82) is 0 Å². The van der Waals surface area contributed by atoms with E-state index in [1.807, 2.05) is 25.5 Å². The molecule has 6 heteroatoms. The van der Waals surface area contributed by atoms with Crippen molar-refractivity contribution >= 4 is 17.3 Å². The molecule has 1 aromatic heterocycles. The maximum absolute atomic E-state index is 11.2. The van der Waals surface area contributed by atoms with Gasteiger partial charge >= 0.3 is 0 Å². The third-order valence-corrected chi connectivity index (χ3v) is 2.82. The zero-order valence-corrected chi connectivity index (χ0v) is 10.8. The summed E-state index contributed by atoms with van der Waals surface area (Å²) in [6, 6.07) is 5.17. The Morgan fingerprint density at radius 3 is 2.89 bits per heavy atom. The summed E-state index contributed by atoms with van der Waals surface area (Å²) in [5.41, 5.74) is 13.6. The van der Waals surface area contributed by atoms with Gasteiger partial charge in [-0.15, -0.1) is 0 Å². The fourth-order valence-corrected chi connectivity index (χ4v) is 1.83. The highest BCUT2D eigenvalue weighted by molar-refractivity contribution is 5.98. The summed E-state index contributed by atoms with van der Waals surface area (Å²) in [7, 11) is 1.88. The first-order chi connectivity index (χ1) is 9.06. The van der Waals surface area contributed by atoms with E-state index in [-0.39, 0.29) is 0 Å². The van der Waals surface area contributed by atoms with Crippen molar-refractivity contribution in [2.24, 2.45) is 12.8 Å². The fraction of sp³-hybridized carbons (Fsp3) is 0.231. The SMILES string of the molecule is Cn1cc(CCNc2ccc(N)c(C(N)=O)c2)cn1. The number of nitrogens with one attached hydrogen (secondary N) is 1. The number of aryl methyl sites for hydroxylation is 1. The van der Waals surface area contributed by atoms with E-state index in [2.05, 4.69) is 10.4 Å². The lowest BCUT2D eigenvalue weighted by Crippen LogP contribution is -2.14. The van der Waals surface area contributed by atoms with Gasteiger partial charge in [0.2, 0.25) is 0 Å². The summed E-state index contributed by atoms with van der Waals surface area (Å²) < 4.78 is 1.77. The highest BCUT2D eigenvalue weighted by atomic mass is 16.1. The van der Waals surface area contributed by atoms with Crippen LogP contribution in [0, 0.1) is 0 Å². The van der Waals surface area contributed by atoms with E-state index in [1.165, 1.54) is 0 Å². The Balaban J connectivity index is 1.96. The Kier molecular flexibility index (Phi) is 3.70. The van der Waals surface area contributed by atoms with E-state index in [0.29, 0.717) is 11.3 Å². The van der Waals surface area contributed by atoms with E-state index in [4.69, 9.17) is 11.5 Å². The van der Waals surface area contributed by atoms with Crippen LogP contribution in [0.5, 0.6) is 0 Å². The maximum Gasteiger partial charge on any atom is 0.250 e. The molecule has 0 aliphatic heterocycles. The van der Waals surface area contributed by atoms with Gasteiger partial charge in [0.25, 0.3) is 5.91 Å².